The summed E-state index contributed by atoms with van der Waals surface area (Å²) in [6.45, 7) is 7.24. The van der Waals surface area contributed by atoms with Gasteiger partial charge in [0.05, 0.1) is 0 Å². The molecule has 0 saturated carbocycles. The molecule has 1 aliphatic rings. The van der Waals surface area contributed by atoms with Gasteiger partial charge in [-0.2, -0.15) is 0 Å². The molecule has 0 spiro atoms. The summed E-state index contributed by atoms with van der Waals surface area (Å²) in [6.07, 6.45) is 2.40. The Labute approximate surface area is 189 Å². The van der Waals surface area contributed by atoms with Crippen LogP contribution in [0.25, 0.3) is 0 Å². The summed E-state index contributed by atoms with van der Waals surface area (Å²) >= 11 is 0. The lowest BCUT2D eigenvalue weighted by Crippen LogP contribution is -2.45. The van der Waals surface area contributed by atoms with Gasteiger partial charge in [0.15, 0.2) is 6.61 Å². The van der Waals surface area contributed by atoms with E-state index in [9.17, 15) is 14.4 Å². The van der Waals surface area contributed by atoms with E-state index in [0.717, 1.165) is 24.3 Å². The van der Waals surface area contributed by atoms with E-state index in [-0.39, 0.29) is 11.8 Å². The molecule has 0 unspecified atom stereocenters. The summed E-state index contributed by atoms with van der Waals surface area (Å²) in [4.78, 5) is 39.6. The van der Waals surface area contributed by atoms with E-state index in [1.54, 1.807) is 24.3 Å². The molecule has 3 rings (SSSR count). The summed E-state index contributed by atoms with van der Waals surface area (Å²) in [6, 6.07) is 13.7. The molecule has 170 valence electrons. The number of nitrogens with zero attached hydrogens (tertiary/aromatic N) is 1. The van der Waals surface area contributed by atoms with Gasteiger partial charge in [-0.25, -0.2) is 4.79 Å². The highest BCUT2D eigenvalue weighted by atomic mass is 16.5. The van der Waals surface area contributed by atoms with E-state index >= 15 is 0 Å². The average Bonchev–Trinajstić information content (AvgIpc) is 3.32. The molecule has 7 heteroatoms. The Morgan fingerprint density at radius 1 is 1.03 bits per heavy atom. The lowest BCUT2D eigenvalue weighted by Gasteiger charge is -2.21. The molecule has 1 saturated heterocycles. The Balaban J connectivity index is 1.53. The summed E-state index contributed by atoms with van der Waals surface area (Å²) in [5.41, 5.74) is 3.24. The molecule has 1 heterocycles. The zero-order chi connectivity index (χ0) is 23.1. The maximum Gasteiger partial charge on any atom is 0.329 e. The van der Waals surface area contributed by atoms with Crippen LogP contribution in [0, 0.1) is 12.8 Å². The number of anilines is 2. The number of ether oxygens (including phenoxy) is 1. The van der Waals surface area contributed by atoms with Crippen LogP contribution in [0.1, 0.15) is 42.6 Å². The number of carbonyl (C=O) groups is 3. The van der Waals surface area contributed by atoms with E-state index in [4.69, 9.17) is 4.74 Å². The van der Waals surface area contributed by atoms with Crippen molar-refractivity contribution < 1.29 is 19.1 Å². The fourth-order valence-electron chi connectivity index (χ4n) is 3.68. The van der Waals surface area contributed by atoms with Crippen LogP contribution >= 0.6 is 0 Å². The first-order chi connectivity index (χ1) is 15.3. The topological polar surface area (TPSA) is 87.7 Å². The normalized spacial score (nSPS) is 14.2. The van der Waals surface area contributed by atoms with Gasteiger partial charge in [-0.1, -0.05) is 32.0 Å². The maximum atomic E-state index is 12.5. The van der Waals surface area contributed by atoms with Crippen molar-refractivity contribution in [1.29, 1.82) is 0 Å². The molecular formula is C25H31N3O4. The van der Waals surface area contributed by atoms with Gasteiger partial charge in [0.2, 0.25) is 0 Å². The number of benzene rings is 2. The molecule has 32 heavy (non-hydrogen) atoms. The van der Waals surface area contributed by atoms with Crippen molar-refractivity contribution in [1.82, 2.24) is 5.32 Å². The Morgan fingerprint density at radius 2 is 1.72 bits per heavy atom. The van der Waals surface area contributed by atoms with Gasteiger partial charge in [-0.15, -0.1) is 0 Å². The standard InChI is InChI=1S/C25H31N3O4/c1-17(2)23(27-24(30)19-9-5-4-6-10-19)25(31)32-16-22(29)26-21-12-11-20(15-18(21)3)28-13-7-8-14-28/h4-6,9-12,15,17,23H,7-8,13-14,16H2,1-3H3,(H,26,29)(H,27,30)/t23-/m1/s1. The lowest BCUT2D eigenvalue weighted by molar-refractivity contribution is -0.150. The van der Waals surface area contributed by atoms with Gasteiger partial charge in [0.1, 0.15) is 6.04 Å². The SMILES string of the molecule is Cc1cc(N2CCCC2)ccc1NC(=O)COC(=O)[C@H](NC(=O)c1ccccc1)C(C)C. The molecule has 0 radical (unpaired) electrons. The zero-order valence-electron chi connectivity index (χ0n) is 18.9. The number of hydrogen-bond acceptors (Lipinski definition) is 5. The van der Waals surface area contributed by atoms with Crippen LogP contribution in [-0.2, 0) is 14.3 Å². The predicted molar refractivity (Wildman–Crippen MR) is 125 cm³/mol. The molecule has 2 aromatic carbocycles. The van der Waals surface area contributed by atoms with Crippen molar-refractivity contribution in [2.75, 3.05) is 29.9 Å². The van der Waals surface area contributed by atoms with E-state index in [1.807, 2.05) is 39.0 Å². The Morgan fingerprint density at radius 3 is 2.34 bits per heavy atom. The van der Waals surface area contributed by atoms with E-state index in [2.05, 4.69) is 21.6 Å². The Kier molecular flexibility index (Phi) is 7.87. The zero-order valence-corrected chi connectivity index (χ0v) is 18.9. The van der Waals surface area contributed by atoms with Crippen molar-refractivity contribution >= 4 is 29.2 Å². The van der Waals surface area contributed by atoms with Gasteiger partial charge < -0.3 is 20.3 Å². The van der Waals surface area contributed by atoms with Crippen molar-refractivity contribution in [3.63, 3.8) is 0 Å². The number of nitrogens with one attached hydrogen (secondary N) is 2. The van der Waals surface area contributed by atoms with E-state index < -0.39 is 24.5 Å². The van der Waals surface area contributed by atoms with E-state index in [1.165, 1.54) is 12.8 Å². The fraction of sp³-hybridized carbons (Fsp3) is 0.400. The fourth-order valence-corrected chi connectivity index (χ4v) is 3.68. The minimum absolute atomic E-state index is 0.196. The predicted octanol–water partition coefficient (Wildman–Crippen LogP) is 3.53. The second-order valence-corrected chi connectivity index (χ2v) is 8.41. The van der Waals surface area contributed by atoms with Crippen molar-refractivity contribution in [2.24, 2.45) is 5.92 Å². The van der Waals surface area contributed by atoms with Gasteiger partial charge in [-0.05, 0) is 61.6 Å². The molecule has 1 atom stereocenters. The number of amides is 2. The number of esters is 1. The molecule has 0 aliphatic carbocycles. The largest absolute Gasteiger partial charge is 0.454 e. The molecule has 7 nitrogen and oxygen atoms in total. The van der Waals surface area contributed by atoms with Crippen LogP contribution in [0.5, 0.6) is 0 Å². The third kappa shape index (κ3) is 6.09. The van der Waals surface area contributed by atoms with Crippen LogP contribution in [-0.4, -0.2) is 43.5 Å². The van der Waals surface area contributed by atoms with Gasteiger partial charge in [0.25, 0.3) is 11.8 Å². The third-order valence-corrected chi connectivity index (χ3v) is 5.54. The average molecular weight is 438 g/mol. The first kappa shape index (κ1) is 23.3. The maximum absolute atomic E-state index is 12.5. The summed E-state index contributed by atoms with van der Waals surface area (Å²) in [5, 5.41) is 5.49. The molecule has 2 N–H and O–H groups in total. The molecule has 2 amide bonds. The monoisotopic (exact) mass is 437 g/mol. The number of carbonyl (C=O) groups excluding carboxylic acids is 3. The second kappa shape index (κ2) is 10.8. The third-order valence-electron chi connectivity index (χ3n) is 5.54. The highest BCUT2D eigenvalue weighted by Crippen LogP contribution is 2.25. The minimum Gasteiger partial charge on any atom is -0.454 e. The van der Waals surface area contributed by atoms with Gasteiger partial charge >= 0.3 is 5.97 Å². The number of rotatable bonds is 8. The van der Waals surface area contributed by atoms with Crippen molar-refractivity contribution in [2.45, 2.75) is 39.7 Å². The van der Waals surface area contributed by atoms with Crippen molar-refractivity contribution in [3.8, 4) is 0 Å². The quantitative estimate of drug-likeness (QED) is 0.617. The van der Waals surface area contributed by atoms with Crippen LogP contribution in [0.15, 0.2) is 48.5 Å². The number of aryl methyl sites for hydroxylation is 1. The Hall–Kier alpha value is -3.35. The molecular weight excluding hydrogens is 406 g/mol. The molecule has 0 aromatic heterocycles. The smallest absolute Gasteiger partial charge is 0.329 e. The minimum atomic E-state index is -0.850. The molecule has 1 aliphatic heterocycles. The van der Waals surface area contributed by atoms with Crippen LogP contribution in [0.2, 0.25) is 0 Å². The lowest BCUT2D eigenvalue weighted by atomic mass is 10.0. The highest BCUT2D eigenvalue weighted by Gasteiger charge is 2.27. The summed E-state index contributed by atoms with van der Waals surface area (Å²) in [7, 11) is 0. The summed E-state index contributed by atoms with van der Waals surface area (Å²) < 4.78 is 5.21. The molecule has 2 aromatic rings. The first-order valence-electron chi connectivity index (χ1n) is 11.0. The molecule has 0 bridgehead atoms. The molecule has 1 fully saturated rings. The van der Waals surface area contributed by atoms with Gasteiger partial charge in [0, 0.05) is 30.0 Å². The highest BCUT2D eigenvalue weighted by molar-refractivity contribution is 5.97. The summed E-state index contributed by atoms with van der Waals surface area (Å²) in [5.74, 6) is -1.62. The first-order valence-corrected chi connectivity index (χ1v) is 11.0. The Bertz CT molecular complexity index is 953. The second-order valence-electron chi connectivity index (χ2n) is 8.41. The van der Waals surface area contributed by atoms with Crippen molar-refractivity contribution in [3.05, 3.63) is 59.7 Å². The van der Waals surface area contributed by atoms with E-state index in [0.29, 0.717) is 11.3 Å². The van der Waals surface area contributed by atoms with Gasteiger partial charge in [-0.3, -0.25) is 9.59 Å². The number of hydrogen-bond donors (Lipinski definition) is 2. The van der Waals surface area contributed by atoms with Crippen LogP contribution in [0.3, 0.4) is 0 Å². The van der Waals surface area contributed by atoms with Crippen LogP contribution in [0.4, 0.5) is 11.4 Å². The van der Waals surface area contributed by atoms with Crippen LogP contribution < -0.4 is 15.5 Å².